The molecule has 0 saturated carbocycles. The normalized spacial score (nSPS) is 10.8. The summed E-state index contributed by atoms with van der Waals surface area (Å²) in [5, 5.41) is 2.87. The maximum absolute atomic E-state index is 12.3. The fraction of sp³-hybridized carbons (Fsp3) is 0. The zero-order valence-electron chi connectivity index (χ0n) is 12.9. The van der Waals surface area contributed by atoms with Crippen molar-refractivity contribution in [2.75, 3.05) is 5.32 Å². The van der Waals surface area contributed by atoms with Crippen LogP contribution in [0.1, 0.15) is 10.4 Å². The van der Waals surface area contributed by atoms with E-state index in [1.54, 1.807) is 24.5 Å². The number of oxazole rings is 1. The highest BCUT2D eigenvalue weighted by molar-refractivity contribution is 9.10. The smallest absolute Gasteiger partial charge is 0.256 e. The van der Waals surface area contributed by atoms with E-state index in [0.717, 1.165) is 10.0 Å². The third-order valence-corrected chi connectivity index (χ3v) is 4.39. The van der Waals surface area contributed by atoms with Crippen LogP contribution in [0.4, 0.5) is 5.69 Å². The molecule has 0 aliphatic carbocycles. The lowest BCUT2D eigenvalue weighted by atomic mass is 10.2. The number of rotatable bonds is 3. The van der Waals surface area contributed by atoms with Gasteiger partial charge in [-0.05, 0) is 52.3 Å². The van der Waals surface area contributed by atoms with Crippen LogP contribution in [0, 0.1) is 0 Å². The van der Waals surface area contributed by atoms with Crippen molar-refractivity contribution in [3.8, 4) is 11.5 Å². The molecule has 0 bridgehead atoms. The molecule has 2 aromatic carbocycles. The Kier molecular flexibility index (Phi) is 4.03. The second-order valence-electron chi connectivity index (χ2n) is 5.37. The molecule has 5 nitrogen and oxygen atoms in total. The van der Waals surface area contributed by atoms with Gasteiger partial charge in [0.1, 0.15) is 5.52 Å². The Morgan fingerprint density at radius 3 is 2.60 bits per heavy atom. The van der Waals surface area contributed by atoms with Gasteiger partial charge in [0.05, 0.1) is 11.8 Å². The first-order chi connectivity index (χ1) is 12.2. The van der Waals surface area contributed by atoms with E-state index >= 15 is 0 Å². The summed E-state index contributed by atoms with van der Waals surface area (Å²) in [5.41, 5.74) is 3.51. The minimum Gasteiger partial charge on any atom is -0.436 e. The lowest BCUT2D eigenvalue weighted by Gasteiger charge is -2.07. The van der Waals surface area contributed by atoms with Crippen molar-refractivity contribution in [3.05, 3.63) is 77.0 Å². The summed E-state index contributed by atoms with van der Waals surface area (Å²) in [7, 11) is 0. The van der Waals surface area contributed by atoms with Gasteiger partial charge >= 0.3 is 0 Å². The standard InChI is InChI=1S/C19H12BrN3O2/c20-15-4-2-1-3-14(15)18(24)22-13-7-5-12(6-8-13)19-23-16-11-21-10-9-17(16)25-19/h1-11H,(H,22,24). The number of carbonyl (C=O) groups is 1. The number of anilines is 1. The summed E-state index contributed by atoms with van der Waals surface area (Å²) in [4.78, 5) is 20.8. The number of halogens is 1. The predicted octanol–water partition coefficient (Wildman–Crippen LogP) is 4.90. The Labute approximate surface area is 151 Å². The van der Waals surface area contributed by atoms with Crippen molar-refractivity contribution >= 4 is 38.6 Å². The average Bonchev–Trinajstić information content (AvgIpc) is 3.07. The molecule has 0 saturated heterocycles. The summed E-state index contributed by atoms with van der Waals surface area (Å²) in [6.07, 6.45) is 3.33. The third-order valence-electron chi connectivity index (χ3n) is 3.70. The van der Waals surface area contributed by atoms with Crippen molar-refractivity contribution in [1.29, 1.82) is 0 Å². The zero-order chi connectivity index (χ0) is 17.2. The first-order valence-electron chi connectivity index (χ1n) is 7.57. The lowest BCUT2D eigenvalue weighted by Crippen LogP contribution is -2.12. The van der Waals surface area contributed by atoms with Crippen LogP contribution >= 0.6 is 15.9 Å². The second kappa shape index (κ2) is 6.49. The molecule has 1 N–H and O–H groups in total. The SMILES string of the molecule is O=C(Nc1ccc(-c2nc3cnccc3o2)cc1)c1ccccc1Br. The first-order valence-corrected chi connectivity index (χ1v) is 8.37. The van der Waals surface area contributed by atoms with Crippen LogP contribution in [-0.4, -0.2) is 15.9 Å². The number of carbonyl (C=O) groups excluding carboxylic acids is 1. The van der Waals surface area contributed by atoms with Crippen LogP contribution in [0.3, 0.4) is 0 Å². The molecule has 0 aliphatic heterocycles. The van der Waals surface area contributed by atoms with E-state index in [1.807, 2.05) is 42.5 Å². The van der Waals surface area contributed by atoms with Gasteiger partial charge in [0.15, 0.2) is 5.58 Å². The Morgan fingerprint density at radius 2 is 1.84 bits per heavy atom. The molecule has 2 aromatic heterocycles. The summed E-state index contributed by atoms with van der Waals surface area (Å²) in [5.74, 6) is 0.347. The molecule has 0 spiro atoms. The highest BCUT2D eigenvalue weighted by Crippen LogP contribution is 2.25. The van der Waals surface area contributed by atoms with Gasteiger partial charge in [0, 0.05) is 28.0 Å². The van der Waals surface area contributed by atoms with Gasteiger partial charge in [-0.15, -0.1) is 0 Å². The quantitative estimate of drug-likeness (QED) is 0.537. The number of hydrogen-bond acceptors (Lipinski definition) is 4. The van der Waals surface area contributed by atoms with E-state index in [9.17, 15) is 4.79 Å². The molecule has 1 amide bonds. The number of aromatic nitrogens is 2. The van der Waals surface area contributed by atoms with Gasteiger partial charge in [0.2, 0.25) is 5.89 Å². The van der Waals surface area contributed by atoms with Crippen LogP contribution in [0.2, 0.25) is 0 Å². The number of fused-ring (bicyclic) bond motifs is 1. The molecule has 2 heterocycles. The Bertz CT molecular complexity index is 1020. The van der Waals surface area contributed by atoms with Crippen LogP contribution in [0.5, 0.6) is 0 Å². The van der Waals surface area contributed by atoms with Crippen molar-refractivity contribution in [3.63, 3.8) is 0 Å². The molecule has 0 unspecified atom stereocenters. The fourth-order valence-corrected chi connectivity index (χ4v) is 2.91. The number of amides is 1. The van der Waals surface area contributed by atoms with Gasteiger partial charge in [-0.2, -0.15) is 0 Å². The van der Waals surface area contributed by atoms with E-state index < -0.39 is 0 Å². The van der Waals surface area contributed by atoms with E-state index in [0.29, 0.717) is 28.2 Å². The van der Waals surface area contributed by atoms with Crippen molar-refractivity contribution in [1.82, 2.24) is 9.97 Å². The van der Waals surface area contributed by atoms with E-state index in [4.69, 9.17) is 4.42 Å². The molecule has 0 radical (unpaired) electrons. The van der Waals surface area contributed by atoms with E-state index in [-0.39, 0.29) is 5.91 Å². The number of nitrogens with one attached hydrogen (secondary N) is 1. The molecule has 6 heteroatoms. The number of hydrogen-bond donors (Lipinski definition) is 1. The summed E-state index contributed by atoms with van der Waals surface area (Å²) in [6, 6.07) is 16.4. The first kappa shape index (κ1) is 15.5. The van der Waals surface area contributed by atoms with Crippen LogP contribution < -0.4 is 5.32 Å². The Balaban J connectivity index is 1.56. The highest BCUT2D eigenvalue weighted by Gasteiger charge is 2.11. The predicted molar refractivity (Wildman–Crippen MR) is 99.3 cm³/mol. The fourth-order valence-electron chi connectivity index (χ4n) is 2.44. The molecular formula is C19H12BrN3O2. The molecule has 0 atom stereocenters. The Morgan fingerprint density at radius 1 is 1.04 bits per heavy atom. The lowest BCUT2D eigenvalue weighted by molar-refractivity contribution is 0.102. The van der Waals surface area contributed by atoms with Crippen molar-refractivity contribution in [2.24, 2.45) is 0 Å². The summed E-state index contributed by atoms with van der Waals surface area (Å²) in [6.45, 7) is 0. The largest absolute Gasteiger partial charge is 0.436 e. The summed E-state index contributed by atoms with van der Waals surface area (Å²) >= 11 is 3.38. The van der Waals surface area contributed by atoms with Gasteiger partial charge in [-0.3, -0.25) is 9.78 Å². The number of nitrogens with zero attached hydrogens (tertiary/aromatic N) is 2. The molecule has 25 heavy (non-hydrogen) atoms. The minimum absolute atomic E-state index is 0.173. The van der Waals surface area contributed by atoms with Crippen LogP contribution in [-0.2, 0) is 0 Å². The average molecular weight is 394 g/mol. The second-order valence-corrected chi connectivity index (χ2v) is 6.23. The number of pyridine rings is 1. The van der Waals surface area contributed by atoms with Gasteiger partial charge in [0.25, 0.3) is 5.91 Å². The molecule has 4 aromatic rings. The van der Waals surface area contributed by atoms with Gasteiger partial charge in [-0.25, -0.2) is 4.98 Å². The maximum atomic E-state index is 12.3. The summed E-state index contributed by atoms with van der Waals surface area (Å²) < 4.78 is 6.47. The molecule has 0 fully saturated rings. The van der Waals surface area contributed by atoms with Gasteiger partial charge in [-0.1, -0.05) is 12.1 Å². The topological polar surface area (TPSA) is 68.0 Å². The van der Waals surface area contributed by atoms with Crippen LogP contribution in [0.15, 0.2) is 75.9 Å². The van der Waals surface area contributed by atoms with E-state index in [2.05, 4.69) is 31.2 Å². The molecule has 0 aliphatic rings. The molecule has 4 rings (SSSR count). The van der Waals surface area contributed by atoms with Crippen molar-refractivity contribution in [2.45, 2.75) is 0 Å². The molecule has 122 valence electrons. The highest BCUT2D eigenvalue weighted by atomic mass is 79.9. The number of benzene rings is 2. The van der Waals surface area contributed by atoms with Crippen LogP contribution in [0.25, 0.3) is 22.6 Å². The molecular weight excluding hydrogens is 382 g/mol. The van der Waals surface area contributed by atoms with E-state index in [1.165, 1.54) is 0 Å². The van der Waals surface area contributed by atoms with Gasteiger partial charge < -0.3 is 9.73 Å². The third kappa shape index (κ3) is 3.16. The Hall–Kier alpha value is -2.99. The van der Waals surface area contributed by atoms with Crippen molar-refractivity contribution < 1.29 is 9.21 Å². The zero-order valence-corrected chi connectivity index (χ0v) is 14.5. The minimum atomic E-state index is -0.173. The maximum Gasteiger partial charge on any atom is 0.256 e. The monoisotopic (exact) mass is 393 g/mol.